The first-order chi connectivity index (χ1) is 11.5. The van der Waals surface area contributed by atoms with Crippen molar-refractivity contribution in [2.24, 2.45) is 4.99 Å². The Kier molecular flexibility index (Phi) is 9.20. The molecule has 0 spiro atoms. The molecule has 140 valence electrons. The van der Waals surface area contributed by atoms with Gasteiger partial charge >= 0.3 is 0 Å². The van der Waals surface area contributed by atoms with Crippen molar-refractivity contribution in [1.82, 2.24) is 20.5 Å². The van der Waals surface area contributed by atoms with Gasteiger partial charge in [0.1, 0.15) is 5.82 Å². The molecule has 0 aliphatic carbocycles. The SMILES string of the molecule is CN=C(NCCc1c[nH]c2ccc(F)cc12)NCCN(C)C(C)C.I. The molecule has 0 fully saturated rings. The lowest BCUT2D eigenvalue weighted by atomic mass is 10.1. The molecule has 5 nitrogen and oxygen atoms in total. The van der Waals surface area contributed by atoms with E-state index in [1.165, 1.54) is 6.07 Å². The maximum absolute atomic E-state index is 13.4. The van der Waals surface area contributed by atoms with Crippen LogP contribution in [0.4, 0.5) is 4.39 Å². The Morgan fingerprint density at radius 3 is 2.68 bits per heavy atom. The summed E-state index contributed by atoms with van der Waals surface area (Å²) < 4.78 is 13.4. The molecule has 1 aromatic carbocycles. The van der Waals surface area contributed by atoms with E-state index in [2.05, 4.69) is 46.4 Å². The first kappa shape index (κ1) is 21.7. The Balaban J connectivity index is 0.00000312. The first-order valence-electron chi connectivity index (χ1n) is 8.41. The molecule has 2 aromatic rings. The second kappa shape index (κ2) is 10.6. The second-order valence-electron chi connectivity index (χ2n) is 6.25. The van der Waals surface area contributed by atoms with Gasteiger partial charge in [0.05, 0.1) is 0 Å². The maximum Gasteiger partial charge on any atom is 0.191 e. The molecule has 0 aliphatic rings. The Hall–Kier alpha value is -1.35. The van der Waals surface area contributed by atoms with Crippen LogP contribution in [0.5, 0.6) is 0 Å². The average Bonchev–Trinajstić information content (AvgIpc) is 2.95. The van der Waals surface area contributed by atoms with Gasteiger partial charge in [0.15, 0.2) is 5.96 Å². The van der Waals surface area contributed by atoms with Crippen LogP contribution in [-0.4, -0.2) is 55.6 Å². The summed E-state index contributed by atoms with van der Waals surface area (Å²) in [6.07, 6.45) is 2.75. The van der Waals surface area contributed by atoms with Crippen LogP contribution in [0.25, 0.3) is 10.9 Å². The largest absolute Gasteiger partial charge is 0.361 e. The van der Waals surface area contributed by atoms with Gasteiger partial charge in [0.2, 0.25) is 0 Å². The summed E-state index contributed by atoms with van der Waals surface area (Å²) in [5.41, 5.74) is 2.07. The average molecular weight is 461 g/mol. The van der Waals surface area contributed by atoms with Gasteiger partial charge < -0.3 is 20.5 Å². The van der Waals surface area contributed by atoms with Gasteiger partial charge in [-0.1, -0.05) is 0 Å². The van der Waals surface area contributed by atoms with Crippen molar-refractivity contribution in [3.05, 3.63) is 35.8 Å². The van der Waals surface area contributed by atoms with Crippen molar-refractivity contribution in [2.75, 3.05) is 33.7 Å². The predicted molar refractivity (Wildman–Crippen MR) is 115 cm³/mol. The van der Waals surface area contributed by atoms with Crippen molar-refractivity contribution in [2.45, 2.75) is 26.3 Å². The molecule has 2 rings (SSSR count). The summed E-state index contributed by atoms with van der Waals surface area (Å²) >= 11 is 0. The van der Waals surface area contributed by atoms with E-state index in [1.807, 2.05) is 6.20 Å². The molecular formula is C18H29FIN5. The number of hydrogen-bond acceptors (Lipinski definition) is 2. The number of nitrogens with one attached hydrogen (secondary N) is 3. The number of H-pyrrole nitrogens is 1. The second-order valence-corrected chi connectivity index (χ2v) is 6.25. The summed E-state index contributed by atoms with van der Waals surface area (Å²) in [7, 11) is 3.88. The molecule has 0 amide bonds. The number of rotatable bonds is 7. The minimum atomic E-state index is -0.206. The highest BCUT2D eigenvalue weighted by Crippen LogP contribution is 2.19. The molecule has 25 heavy (non-hydrogen) atoms. The number of nitrogens with zero attached hydrogens (tertiary/aromatic N) is 2. The molecule has 0 saturated heterocycles. The van der Waals surface area contributed by atoms with Crippen LogP contribution >= 0.6 is 24.0 Å². The standard InChI is InChI=1S/C18H28FN5.HI/c1-13(2)24(4)10-9-22-18(20-3)21-8-7-14-12-23-17-6-5-15(19)11-16(14)17;/h5-6,11-13,23H,7-10H2,1-4H3,(H2,20,21,22);1H. The lowest BCUT2D eigenvalue weighted by Crippen LogP contribution is -2.42. The van der Waals surface area contributed by atoms with Crippen LogP contribution in [0.2, 0.25) is 0 Å². The fourth-order valence-electron chi connectivity index (χ4n) is 2.50. The van der Waals surface area contributed by atoms with Crippen LogP contribution in [-0.2, 0) is 6.42 Å². The van der Waals surface area contributed by atoms with Crippen LogP contribution < -0.4 is 10.6 Å². The van der Waals surface area contributed by atoms with Crippen LogP contribution in [0.1, 0.15) is 19.4 Å². The minimum Gasteiger partial charge on any atom is -0.361 e. The molecule has 0 bridgehead atoms. The van der Waals surface area contributed by atoms with E-state index in [-0.39, 0.29) is 29.8 Å². The third-order valence-corrected chi connectivity index (χ3v) is 4.28. The van der Waals surface area contributed by atoms with E-state index in [4.69, 9.17) is 0 Å². The van der Waals surface area contributed by atoms with Gasteiger partial charge in [-0.3, -0.25) is 4.99 Å². The Morgan fingerprint density at radius 2 is 2.00 bits per heavy atom. The monoisotopic (exact) mass is 461 g/mol. The number of hydrogen-bond donors (Lipinski definition) is 3. The van der Waals surface area contributed by atoms with Gasteiger partial charge in [0, 0.05) is 49.8 Å². The van der Waals surface area contributed by atoms with E-state index >= 15 is 0 Å². The highest BCUT2D eigenvalue weighted by atomic mass is 127. The topological polar surface area (TPSA) is 55.5 Å². The maximum atomic E-state index is 13.4. The summed E-state index contributed by atoms with van der Waals surface area (Å²) in [6, 6.07) is 5.36. The smallest absolute Gasteiger partial charge is 0.191 e. The molecule has 0 unspecified atom stereocenters. The van der Waals surface area contributed by atoms with Crippen LogP contribution in [0.15, 0.2) is 29.4 Å². The van der Waals surface area contributed by atoms with Crippen molar-refractivity contribution >= 4 is 40.8 Å². The number of likely N-dealkylation sites (N-methyl/N-ethyl adjacent to an activating group) is 1. The number of benzene rings is 1. The molecule has 0 aliphatic heterocycles. The van der Waals surface area contributed by atoms with E-state index in [9.17, 15) is 4.39 Å². The highest BCUT2D eigenvalue weighted by Gasteiger charge is 2.06. The molecule has 1 aromatic heterocycles. The van der Waals surface area contributed by atoms with E-state index in [0.717, 1.165) is 48.5 Å². The summed E-state index contributed by atoms with van der Waals surface area (Å²) in [5.74, 6) is 0.584. The fourth-order valence-corrected chi connectivity index (χ4v) is 2.50. The Bertz CT molecular complexity index is 683. The van der Waals surface area contributed by atoms with E-state index in [0.29, 0.717) is 6.04 Å². The van der Waals surface area contributed by atoms with Crippen molar-refractivity contribution < 1.29 is 4.39 Å². The number of aliphatic imine (C=N–C) groups is 1. The van der Waals surface area contributed by atoms with Crippen molar-refractivity contribution in [3.63, 3.8) is 0 Å². The summed E-state index contributed by atoms with van der Waals surface area (Å²) in [4.78, 5) is 9.69. The van der Waals surface area contributed by atoms with Gasteiger partial charge in [-0.25, -0.2) is 4.39 Å². The molecule has 0 radical (unpaired) electrons. The quantitative estimate of drug-likeness (QED) is 0.338. The first-order valence-corrected chi connectivity index (χ1v) is 8.41. The number of halogens is 2. The molecule has 0 atom stereocenters. The fraction of sp³-hybridized carbons (Fsp3) is 0.500. The van der Waals surface area contributed by atoms with E-state index in [1.54, 1.807) is 19.2 Å². The minimum absolute atomic E-state index is 0. The molecule has 1 heterocycles. The number of aromatic nitrogens is 1. The Labute approximate surface area is 166 Å². The summed E-state index contributed by atoms with van der Waals surface area (Å²) in [5, 5.41) is 7.56. The zero-order valence-corrected chi connectivity index (χ0v) is 17.7. The van der Waals surface area contributed by atoms with Crippen molar-refractivity contribution in [1.29, 1.82) is 0 Å². The zero-order valence-electron chi connectivity index (χ0n) is 15.4. The summed E-state index contributed by atoms with van der Waals surface area (Å²) in [6.45, 7) is 6.89. The number of guanidine groups is 1. The van der Waals surface area contributed by atoms with Gasteiger partial charge in [-0.05, 0) is 51.1 Å². The molecule has 7 heteroatoms. The van der Waals surface area contributed by atoms with Gasteiger partial charge in [0.25, 0.3) is 0 Å². The molecule has 0 saturated carbocycles. The predicted octanol–water partition coefficient (Wildman–Crippen LogP) is 2.97. The van der Waals surface area contributed by atoms with Crippen LogP contribution in [0.3, 0.4) is 0 Å². The third-order valence-electron chi connectivity index (χ3n) is 4.28. The van der Waals surface area contributed by atoms with Crippen LogP contribution in [0, 0.1) is 5.82 Å². The molecular weight excluding hydrogens is 432 g/mol. The van der Waals surface area contributed by atoms with Crippen molar-refractivity contribution in [3.8, 4) is 0 Å². The Morgan fingerprint density at radius 1 is 1.28 bits per heavy atom. The lowest BCUT2D eigenvalue weighted by molar-refractivity contribution is 0.278. The van der Waals surface area contributed by atoms with Gasteiger partial charge in [-0.2, -0.15) is 0 Å². The third kappa shape index (κ3) is 6.47. The van der Waals surface area contributed by atoms with Gasteiger partial charge in [-0.15, -0.1) is 24.0 Å². The number of fused-ring (bicyclic) bond motifs is 1. The van der Waals surface area contributed by atoms with E-state index < -0.39 is 0 Å². The lowest BCUT2D eigenvalue weighted by Gasteiger charge is -2.21. The zero-order chi connectivity index (χ0) is 17.5. The number of aromatic amines is 1. The molecule has 3 N–H and O–H groups in total. The highest BCUT2D eigenvalue weighted by molar-refractivity contribution is 14.0. The normalized spacial score (nSPS) is 11.9.